The quantitative estimate of drug-likeness (QED) is 0.911. The molecular weight excluding hydrogens is 336 g/mol. The summed E-state index contributed by atoms with van der Waals surface area (Å²) in [7, 11) is -3.66. The van der Waals surface area contributed by atoms with Crippen LogP contribution in [0.2, 0.25) is 0 Å². The van der Waals surface area contributed by atoms with Crippen LogP contribution in [0.25, 0.3) is 0 Å². The molecule has 0 aromatic heterocycles. The molecule has 0 aliphatic carbocycles. The van der Waals surface area contributed by atoms with Crippen LogP contribution in [0.15, 0.2) is 47.4 Å². The molecule has 2 aromatic rings. The Morgan fingerprint density at radius 3 is 2.28 bits per heavy atom. The number of carbonyl (C=O) groups is 1. The van der Waals surface area contributed by atoms with Gasteiger partial charge in [-0.3, -0.25) is 9.52 Å². The summed E-state index contributed by atoms with van der Waals surface area (Å²) in [5.41, 5.74) is 2.60. The molecule has 3 rings (SSSR count). The molecule has 2 aromatic carbocycles. The summed E-state index contributed by atoms with van der Waals surface area (Å²) in [6.07, 6.45) is 2.08. The zero-order valence-corrected chi connectivity index (χ0v) is 15.3. The molecule has 1 aliphatic heterocycles. The smallest absolute Gasteiger partial charge is 0.262 e. The van der Waals surface area contributed by atoms with E-state index in [0.717, 1.165) is 31.5 Å². The molecular formula is C19H22N2O3S. The number of hydrogen-bond acceptors (Lipinski definition) is 3. The van der Waals surface area contributed by atoms with E-state index in [1.807, 2.05) is 17.9 Å². The number of hydrogen-bond donors (Lipinski definition) is 1. The topological polar surface area (TPSA) is 66.5 Å². The molecule has 1 heterocycles. The third-order valence-electron chi connectivity index (χ3n) is 4.41. The Morgan fingerprint density at radius 1 is 1.00 bits per heavy atom. The number of aryl methyl sites for hydroxylation is 2. The number of nitrogens with one attached hydrogen (secondary N) is 1. The van der Waals surface area contributed by atoms with Gasteiger partial charge in [0.15, 0.2) is 0 Å². The Bertz CT molecular complexity index is 883. The number of nitrogens with zero attached hydrogens (tertiary/aromatic N) is 1. The van der Waals surface area contributed by atoms with E-state index in [-0.39, 0.29) is 10.8 Å². The summed E-state index contributed by atoms with van der Waals surface area (Å²) < 4.78 is 27.8. The average Bonchev–Trinajstić information content (AvgIpc) is 3.11. The summed E-state index contributed by atoms with van der Waals surface area (Å²) in [6.45, 7) is 5.21. The number of sulfonamides is 1. The van der Waals surface area contributed by atoms with Crippen molar-refractivity contribution in [3.05, 3.63) is 59.2 Å². The summed E-state index contributed by atoms with van der Waals surface area (Å²) in [6, 6.07) is 11.9. The molecule has 1 aliphatic rings. The van der Waals surface area contributed by atoms with Crippen LogP contribution in [-0.4, -0.2) is 32.3 Å². The molecule has 1 saturated heterocycles. The van der Waals surface area contributed by atoms with Crippen molar-refractivity contribution in [1.82, 2.24) is 4.90 Å². The second kappa shape index (κ2) is 6.88. The molecule has 0 bridgehead atoms. The summed E-state index contributed by atoms with van der Waals surface area (Å²) >= 11 is 0. The van der Waals surface area contributed by atoms with E-state index in [2.05, 4.69) is 4.72 Å². The fraction of sp³-hybridized carbons (Fsp3) is 0.316. The van der Waals surface area contributed by atoms with Crippen molar-refractivity contribution in [3.63, 3.8) is 0 Å². The number of carbonyl (C=O) groups excluding carboxylic acids is 1. The van der Waals surface area contributed by atoms with Gasteiger partial charge in [0.05, 0.1) is 4.90 Å². The van der Waals surface area contributed by atoms with E-state index in [1.165, 1.54) is 0 Å². The first-order valence-corrected chi connectivity index (χ1v) is 9.84. The molecule has 5 nitrogen and oxygen atoms in total. The fourth-order valence-corrected chi connectivity index (χ4v) is 4.38. The molecule has 1 fully saturated rings. The van der Waals surface area contributed by atoms with Crippen LogP contribution in [0.4, 0.5) is 5.69 Å². The van der Waals surface area contributed by atoms with Gasteiger partial charge in [-0.1, -0.05) is 12.1 Å². The van der Waals surface area contributed by atoms with Crippen molar-refractivity contribution in [2.45, 2.75) is 31.6 Å². The minimum Gasteiger partial charge on any atom is -0.339 e. The maximum atomic E-state index is 12.6. The molecule has 0 atom stereocenters. The highest BCUT2D eigenvalue weighted by Gasteiger charge is 2.20. The van der Waals surface area contributed by atoms with E-state index in [4.69, 9.17) is 0 Å². The number of anilines is 1. The maximum Gasteiger partial charge on any atom is 0.262 e. The lowest BCUT2D eigenvalue weighted by Crippen LogP contribution is -2.27. The SMILES string of the molecule is Cc1ccc(C)c(S(=O)(=O)Nc2ccc(C(=O)N3CCCC3)cc2)c1. The first-order chi connectivity index (χ1) is 11.9. The van der Waals surface area contributed by atoms with Crippen LogP contribution in [0.1, 0.15) is 34.3 Å². The maximum absolute atomic E-state index is 12.6. The predicted octanol–water partition coefficient (Wildman–Crippen LogP) is 3.34. The lowest BCUT2D eigenvalue weighted by atomic mass is 10.2. The van der Waals surface area contributed by atoms with Crippen molar-refractivity contribution in [2.24, 2.45) is 0 Å². The highest BCUT2D eigenvalue weighted by molar-refractivity contribution is 7.92. The van der Waals surface area contributed by atoms with Gasteiger partial charge in [0, 0.05) is 24.3 Å². The van der Waals surface area contributed by atoms with Crippen LogP contribution < -0.4 is 4.72 Å². The summed E-state index contributed by atoms with van der Waals surface area (Å²) in [5, 5.41) is 0. The van der Waals surface area contributed by atoms with Gasteiger partial charge in [0.1, 0.15) is 0 Å². The van der Waals surface area contributed by atoms with Crippen LogP contribution in [0.3, 0.4) is 0 Å². The molecule has 0 spiro atoms. The van der Waals surface area contributed by atoms with Gasteiger partial charge in [-0.2, -0.15) is 0 Å². The van der Waals surface area contributed by atoms with Crippen LogP contribution in [0.5, 0.6) is 0 Å². The largest absolute Gasteiger partial charge is 0.339 e. The Hall–Kier alpha value is -2.34. The summed E-state index contributed by atoms with van der Waals surface area (Å²) in [4.78, 5) is 14.4. The molecule has 132 valence electrons. The standard InChI is InChI=1S/C19H22N2O3S/c1-14-5-6-15(2)18(13-14)25(23,24)20-17-9-7-16(8-10-17)19(22)21-11-3-4-12-21/h5-10,13,20H,3-4,11-12H2,1-2H3. The van der Waals surface area contributed by atoms with Gasteiger partial charge in [-0.25, -0.2) is 8.42 Å². The first-order valence-electron chi connectivity index (χ1n) is 8.36. The minimum absolute atomic E-state index is 0.00133. The van der Waals surface area contributed by atoms with E-state index < -0.39 is 10.0 Å². The molecule has 25 heavy (non-hydrogen) atoms. The van der Waals surface area contributed by atoms with Crippen molar-refractivity contribution >= 4 is 21.6 Å². The highest BCUT2D eigenvalue weighted by Crippen LogP contribution is 2.21. The Balaban J connectivity index is 1.78. The van der Waals surface area contributed by atoms with Crippen molar-refractivity contribution in [2.75, 3.05) is 17.8 Å². The number of benzene rings is 2. The Morgan fingerprint density at radius 2 is 1.64 bits per heavy atom. The average molecular weight is 358 g/mol. The predicted molar refractivity (Wildman–Crippen MR) is 98.3 cm³/mol. The Kier molecular flexibility index (Phi) is 4.81. The molecule has 1 N–H and O–H groups in total. The molecule has 1 amide bonds. The zero-order valence-electron chi connectivity index (χ0n) is 14.5. The monoisotopic (exact) mass is 358 g/mol. The van der Waals surface area contributed by atoms with Crippen molar-refractivity contribution < 1.29 is 13.2 Å². The van der Waals surface area contributed by atoms with Gasteiger partial charge in [-0.15, -0.1) is 0 Å². The number of rotatable bonds is 4. The first kappa shape index (κ1) is 17.5. The second-order valence-electron chi connectivity index (χ2n) is 6.45. The molecule has 6 heteroatoms. The summed E-state index contributed by atoms with van der Waals surface area (Å²) in [5.74, 6) is 0.00133. The van der Waals surface area contributed by atoms with E-state index in [0.29, 0.717) is 16.8 Å². The van der Waals surface area contributed by atoms with Gasteiger partial charge < -0.3 is 4.90 Å². The van der Waals surface area contributed by atoms with Crippen LogP contribution in [0, 0.1) is 13.8 Å². The van der Waals surface area contributed by atoms with Gasteiger partial charge in [0.25, 0.3) is 15.9 Å². The fourth-order valence-electron chi connectivity index (χ4n) is 2.99. The minimum atomic E-state index is -3.66. The van der Waals surface area contributed by atoms with Crippen LogP contribution in [-0.2, 0) is 10.0 Å². The molecule has 0 unspecified atom stereocenters. The van der Waals surface area contributed by atoms with Gasteiger partial charge >= 0.3 is 0 Å². The lowest BCUT2D eigenvalue weighted by Gasteiger charge is -2.15. The van der Waals surface area contributed by atoms with E-state index in [9.17, 15) is 13.2 Å². The number of likely N-dealkylation sites (tertiary alicyclic amines) is 1. The molecule has 0 radical (unpaired) electrons. The van der Waals surface area contributed by atoms with E-state index >= 15 is 0 Å². The highest BCUT2D eigenvalue weighted by atomic mass is 32.2. The Labute approximate surface area is 148 Å². The van der Waals surface area contributed by atoms with Gasteiger partial charge in [-0.05, 0) is 68.1 Å². The van der Waals surface area contributed by atoms with Crippen molar-refractivity contribution in [1.29, 1.82) is 0 Å². The normalized spacial score (nSPS) is 14.6. The zero-order chi connectivity index (χ0) is 18.0. The second-order valence-corrected chi connectivity index (χ2v) is 8.10. The lowest BCUT2D eigenvalue weighted by molar-refractivity contribution is 0.0793. The van der Waals surface area contributed by atoms with Crippen molar-refractivity contribution in [3.8, 4) is 0 Å². The van der Waals surface area contributed by atoms with Gasteiger partial charge in [0.2, 0.25) is 0 Å². The van der Waals surface area contributed by atoms with Crippen LogP contribution >= 0.6 is 0 Å². The molecule has 0 saturated carbocycles. The third kappa shape index (κ3) is 3.85. The number of amides is 1. The van der Waals surface area contributed by atoms with E-state index in [1.54, 1.807) is 43.3 Å². The third-order valence-corrected chi connectivity index (χ3v) is 5.93.